The average Bonchev–Trinajstić information content (AvgIpc) is 1.18. The monoisotopic (exact) mass is 1780 g/mol. The second-order valence-electron chi connectivity index (χ2n) is 32.5. The summed E-state index contributed by atoms with van der Waals surface area (Å²) >= 11 is 4.30. The number of quaternary nitrogens is 2. The van der Waals surface area contributed by atoms with Crippen LogP contribution >= 0.6 is 37.7 Å². The number of epoxide rings is 2. The molecule has 0 aromatic carbocycles. The minimum atomic E-state index is -6.02. The molecule has 0 radical (unpaired) electrons. The first-order chi connectivity index (χ1) is 51.3. The molecule has 2 heterocycles. The van der Waals surface area contributed by atoms with Crippen molar-refractivity contribution in [2.24, 2.45) is 0 Å². The maximum atomic E-state index is 8.63. The third-order valence-electron chi connectivity index (χ3n) is 22.1. The average molecular weight is 1770 g/mol. The van der Waals surface area contributed by atoms with Crippen molar-refractivity contribution in [3.05, 3.63) is 0 Å². The minimum absolute atomic E-state index is 0.657. The molecule has 0 spiro atoms. The van der Waals surface area contributed by atoms with Crippen LogP contribution < -0.4 is 15.0 Å². The van der Waals surface area contributed by atoms with Crippen LogP contribution in [0.2, 0.25) is 0 Å². The standard InChI is InChI=1S/C37H78Cl2N2.2C24H52P.2C2H4O.2Mo.8O/c1-7-13-19-25-31-40(32-26-20-14-8-2,33-27-21-15-9-3)37(38,39)41(34-28-22-16-10-4,35-29-23-17-11-5)36-30-24-18-12-6;2*1-5-9-13-17-21-25(22-18-14-10-6-2,23-19-15-11-7-3)24-20-16-12-8-4;2*1-2-3-1;;;;;;;;;;/h7-36H2,1-6H3;2*5-24H2,1-4H3;2*1-2H2;;;;;;;;;;/q+2;2*+1;;;;;;;;;4*-1. The van der Waals surface area contributed by atoms with E-state index in [0.717, 1.165) is 74.7 Å². The molecule has 652 valence electrons. The number of halogens is 2. The van der Waals surface area contributed by atoms with Crippen LogP contribution in [0.4, 0.5) is 0 Å². The Morgan fingerprint density at radius 1 is 0.234 bits per heavy atom. The predicted molar refractivity (Wildman–Crippen MR) is 459 cm³/mol. The van der Waals surface area contributed by atoms with Gasteiger partial charge in [0.2, 0.25) is 0 Å². The summed E-state index contributed by atoms with van der Waals surface area (Å²) in [5.74, 6) is 0. The van der Waals surface area contributed by atoms with E-state index < -0.39 is 52.6 Å². The molecule has 0 aliphatic carbocycles. The molecule has 0 atom stereocenters. The molecular weight excluding hydrogens is 1580 g/mol. The normalized spacial score (nSPS) is 13.0. The quantitative estimate of drug-likeness (QED) is 0.00829. The first kappa shape index (κ1) is 117. The third kappa shape index (κ3) is 84.0. The summed E-state index contributed by atoms with van der Waals surface area (Å²) in [5, 5.41) is 0. The maximum absolute atomic E-state index is 8.63. The molecule has 0 unspecified atom stereocenters. The summed E-state index contributed by atoms with van der Waals surface area (Å²) in [7, 11) is -1.31. The van der Waals surface area contributed by atoms with Crippen LogP contribution in [0.15, 0.2) is 0 Å². The fraction of sp³-hybridized carbons (Fsp3) is 1.00. The molecule has 2 saturated heterocycles. The van der Waals surface area contributed by atoms with E-state index in [1.54, 1.807) is 49.3 Å². The Hall–Kier alpha value is 1.70. The molecule has 2 fully saturated rings. The van der Waals surface area contributed by atoms with Gasteiger partial charge in [-0.25, -0.2) is 8.97 Å². The van der Waals surface area contributed by atoms with Crippen molar-refractivity contribution in [3.63, 3.8) is 0 Å². The van der Waals surface area contributed by atoms with Crippen molar-refractivity contribution in [1.82, 2.24) is 0 Å². The van der Waals surface area contributed by atoms with Crippen molar-refractivity contribution in [1.29, 1.82) is 0 Å². The van der Waals surface area contributed by atoms with Gasteiger partial charge in [-0.2, -0.15) is 0 Å². The zero-order chi connectivity index (χ0) is 81.2. The Kier molecular flexibility index (Phi) is 93.8. The molecule has 18 heteroatoms. The topological polar surface area (TPSA) is 186 Å². The molecule has 2 aliphatic rings. The number of hydrogen-bond donors (Lipinski definition) is 0. The van der Waals surface area contributed by atoms with Crippen LogP contribution in [-0.4, -0.2) is 129 Å². The molecule has 12 nitrogen and oxygen atoms in total. The number of rotatable bonds is 72. The van der Waals surface area contributed by atoms with Gasteiger partial charge in [0.15, 0.2) is 0 Å². The Morgan fingerprint density at radius 2 is 0.336 bits per heavy atom. The molecule has 0 aromatic rings. The van der Waals surface area contributed by atoms with Gasteiger partial charge in [0, 0.05) is 37.7 Å². The van der Waals surface area contributed by atoms with E-state index in [9.17, 15) is 0 Å². The predicted octanol–water partition coefficient (Wildman–Crippen LogP) is 26.6. The van der Waals surface area contributed by atoms with E-state index >= 15 is 0 Å². The van der Waals surface area contributed by atoms with Crippen LogP contribution in [0, 0.1) is 0 Å². The molecule has 2 rings (SSSR count). The van der Waals surface area contributed by atoms with Crippen LogP contribution in [-0.2, 0) is 56.6 Å². The van der Waals surface area contributed by atoms with Gasteiger partial charge in [-0.3, -0.25) is 0 Å². The van der Waals surface area contributed by atoms with Crippen molar-refractivity contribution >= 4 is 37.7 Å². The molecule has 0 aromatic heterocycles. The number of unbranched alkanes of at least 4 members (excludes halogenated alkanes) is 42. The zero-order valence-electron chi connectivity index (χ0n) is 74.3. The summed E-state index contributed by atoms with van der Waals surface area (Å²) < 4.78 is 79.1. The van der Waals surface area contributed by atoms with Gasteiger partial charge in [-0.05, 0) is 180 Å². The van der Waals surface area contributed by atoms with Gasteiger partial charge in [0.1, 0.15) is 0 Å². The Bertz CT molecular complexity index is 1640. The van der Waals surface area contributed by atoms with Crippen molar-refractivity contribution in [2.45, 2.75) is 461 Å². The van der Waals surface area contributed by atoms with E-state index in [2.05, 4.69) is 106 Å². The van der Waals surface area contributed by atoms with Gasteiger partial charge in [-0.15, -0.1) is 0 Å². The van der Waals surface area contributed by atoms with Gasteiger partial charge in [-0.1, -0.05) is 277 Å². The Morgan fingerprint density at radius 3 is 0.430 bits per heavy atom. The molecule has 0 bridgehead atoms. The van der Waals surface area contributed by atoms with Gasteiger partial charge >= 0.3 is 66.7 Å². The van der Waals surface area contributed by atoms with Gasteiger partial charge in [0.05, 0.1) is 115 Å². The van der Waals surface area contributed by atoms with Crippen LogP contribution in [0.5, 0.6) is 0 Å². The molecule has 0 amide bonds. The van der Waals surface area contributed by atoms with Gasteiger partial charge in [0.25, 0.3) is 0 Å². The number of alkyl halides is 2. The first-order valence-corrected chi connectivity index (χ1v) is 59.0. The van der Waals surface area contributed by atoms with E-state index in [0.29, 0.717) is 0 Å². The van der Waals surface area contributed by atoms with Crippen LogP contribution in [0.25, 0.3) is 0 Å². The van der Waals surface area contributed by atoms with E-state index in [4.69, 9.17) is 51.8 Å². The van der Waals surface area contributed by atoms with Crippen molar-refractivity contribution in [3.8, 4) is 0 Å². The third-order valence-corrected chi connectivity index (χ3v) is 33.6. The zero-order valence-corrected chi connectivity index (χ0v) is 81.6. The van der Waals surface area contributed by atoms with Gasteiger partial charge < -0.3 is 9.47 Å². The summed E-state index contributed by atoms with van der Waals surface area (Å²) in [6.07, 6.45) is 91.2. The fourth-order valence-electron chi connectivity index (χ4n) is 15.3. The fourth-order valence-corrected chi connectivity index (χ4v) is 26.2. The second-order valence-corrected chi connectivity index (χ2v) is 46.7. The Labute approximate surface area is 689 Å². The molecule has 0 N–H and O–H groups in total. The summed E-state index contributed by atoms with van der Waals surface area (Å²) in [4.78, 5) is 0. The summed E-state index contributed by atoms with van der Waals surface area (Å²) in [6.45, 7) is 43.7. The number of nitrogens with zero attached hydrogens (tertiary/aromatic N) is 2. The van der Waals surface area contributed by atoms with E-state index in [-0.39, 0.29) is 0 Å². The van der Waals surface area contributed by atoms with Crippen LogP contribution in [0.1, 0.15) is 456 Å². The molecule has 107 heavy (non-hydrogen) atoms. The number of hydrogen-bond acceptors (Lipinski definition) is 10. The summed E-state index contributed by atoms with van der Waals surface area (Å²) in [5.41, 5.74) is 0. The number of ether oxygens (including phenoxy) is 2. The van der Waals surface area contributed by atoms with E-state index in [1.165, 1.54) is 360 Å². The van der Waals surface area contributed by atoms with Crippen LogP contribution in [0.3, 0.4) is 0 Å². The molecular formula is C89H190Cl2Mo2N2O10P2. The molecule has 2 aliphatic heterocycles. The SMILES string of the molecule is C1CO1.C1CO1.CCCCCC[N+](CCCCCC)(CCCCCC)C(Cl)(Cl)[N+](CCCCCC)(CCCCCC)CCCCCC.CCCCCC[P+](CCCCCC)(CCCCCC)CCCCCC.CCCCCC[P+](CCCCCC)(CCCCCC)CCCCCC.[O]=[Mo](=[O])([O-])[O-].[O]=[Mo](=[O])([O-])[O-]. The second kappa shape index (κ2) is 85.6. The molecule has 0 saturated carbocycles. The van der Waals surface area contributed by atoms with Crippen molar-refractivity contribution in [2.75, 3.05) is 115 Å². The Balaban J connectivity index is -0.000000451. The summed E-state index contributed by atoms with van der Waals surface area (Å²) in [6, 6.07) is 0. The van der Waals surface area contributed by atoms with E-state index in [1.807, 2.05) is 0 Å². The first-order valence-electron chi connectivity index (χ1n) is 46.6. The van der Waals surface area contributed by atoms with Crippen molar-refractivity contribution < 1.29 is 80.6 Å².